The Hall–Kier alpha value is -2.10. The molecule has 0 atom stereocenters. The molecule has 0 unspecified atom stereocenters. The van der Waals surface area contributed by atoms with Gasteiger partial charge in [-0.2, -0.15) is 0 Å². The maximum Gasteiger partial charge on any atom is 0.287 e. The van der Waals surface area contributed by atoms with Gasteiger partial charge in [-0.15, -0.1) is 24.0 Å². The Morgan fingerprint density at radius 2 is 1.96 bits per heavy atom. The first kappa shape index (κ1) is 22.2. The van der Waals surface area contributed by atoms with E-state index < -0.39 is 0 Å². The predicted molar refractivity (Wildman–Crippen MR) is 118 cm³/mol. The van der Waals surface area contributed by atoms with Gasteiger partial charge in [0.2, 0.25) is 0 Å². The average Bonchev–Trinajstić information content (AvgIpc) is 3.26. The lowest BCUT2D eigenvalue weighted by Gasteiger charge is -2.16. The molecule has 8 heteroatoms. The molecule has 1 aromatic carbocycles. The van der Waals surface area contributed by atoms with Crippen LogP contribution < -0.4 is 16.0 Å². The molecule has 2 aromatic rings. The van der Waals surface area contributed by atoms with E-state index in [1.54, 1.807) is 24.3 Å². The van der Waals surface area contributed by atoms with E-state index >= 15 is 0 Å². The van der Waals surface area contributed by atoms with Crippen LogP contribution in [0.4, 0.5) is 4.39 Å². The van der Waals surface area contributed by atoms with Crippen LogP contribution in [-0.2, 0) is 5.41 Å². The highest BCUT2D eigenvalue weighted by atomic mass is 127. The molecule has 0 saturated heterocycles. The maximum atomic E-state index is 13.5. The van der Waals surface area contributed by atoms with Gasteiger partial charge in [0.25, 0.3) is 5.91 Å². The molecule has 1 aromatic heterocycles. The van der Waals surface area contributed by atoms with Crippen molar-refractivity contribution in [3.8, 4) is 0 Å². The molecular weight excluding hydrogens is 474 g/mol. The summed E-state index contributed by atoms with van der Waals surface area (Å²) in [6.07, 6.45) is 3.49. The number of carbonyl (C=O) groups excluding carboxylic acids is 1. The fourth-order valence-electron chi connectivity index (χ4n) is 2.93. The van der Waals surface area contributed by atoms with E-state index in [4.69, 9.17) is 4.42 Å². The van der Waals surface area contributed by atoms with Gasteiger partial charge in [0.1, 0.15) is 5.82 Å². The number of aliphatic imine (C=N–C) groups is 1. The summed E-state index contributed by atoms with van der Waals surface area (Å²) in [5, 5.41) is 9.18. The Bertz CT molecular complexity index is 791. The fourth-order valence-corrected chi connectivity index (χ4v) is 2.93. The second-order valence-corrected chi connectivity index (χ2v) is 6.65. The summed E-state index contributed by atoms with van der Waals surface area (Å²) < 4.78 is 18.6. The zero-order chi connectivity index (χ0) is 19.1. The molecule has 152 valence electrons. The summed E-state index contributed by atoms with van der Waals surface area (Å²) in [5.74, 6) is 0.528. The smallest absolute Gasteiger partial charge is 0.287 e. The molecule has 0 aliphatic heterocycles. The Morgan fingerprint density at radius 1 is 1.18 bits per heavy atom. The molecule has 6 nitrogen and oxygen atoms in total. The van der Waals surface area contributed by atoms with E-state index in [1.165, 1.54) is 12.3 Å². The van der Waals surface area contributed by atoms with Gasteiger partial charge in [0.15, 0.2) is 11.7 Å². The number of benzene rings is 1. The lowest BCUT2D eigenvalue weighted by atomic mass is 9.96. The number of rotatable bonds is 8. The Balaban J connectivity index is 0.00000280. The number of carbonyl (C=O) groups is 1. The summed E-state index contributed by atoms with van der Waals surface area (Å²) >= 11 is 0. The lowest BCUT2D eigenvalue weighted by Crippen LogP contribution is -2.42. The average molecular weight is 500 g/mol. The Labute approximate surface area is 181 Å². The predicted octanol–water partition coefficient (Wildman–Crippen LogP) is 3.05. The van der Waals surface area contributed by atoms with Gasteiger partial charge in [0.05, 0.1) is 12.8 Å². The lowest BCUT2D eigenvalue weighted by molar-refractivity contribution is 0.0926. The number of halogens is 2. The second kappa shape index (κ2) is 10.4. The van der Waals surface area contributed by atoms with E-state index in [2.05, 4.69) is 20.9 Å². The third-order valence-electron chi connectivity index (χ3n) is 4.62. The number of nitrogens with zero attached hydrogens (tertiary/aromatic N) is 1. The number of nitrogens with one attached hydrogen (secondary N) is 3. The van der Waals surface area contributed by atoms with Crippen LogP contribution >= 0.6 is 24.0 Å². The zero-order valence-corrected chi connectivity index (χ0v) is 18.2. The number of furan rings is 1. The van der Waals surface area contributed by atoms with Gasteiger partial charge in [-0.3, -0.25) is 9.79 Å². The first-order valence-corrected chi connectivity index (χ1v) is 9.23. The first-order chi connectivity index (χ1) is 13.1. The normalized spacial score (nSPS) is 14.7. The summed E-state index contributed by atoms with van der Waals surface area (Å²) in [6, 6.07) is 10.1. The topological polar surface area (TPSA) is 78.7 Å². The molecule has 1 amide bonds. The molecule has 1 aliphatic rings. The molecule has 3 rings (SSSR count). The van der Waals surface area contributed by atoms with Crippen LogP contribution in [0.5, 0.6) is 0 Å². The van der Waals surface area contributed by atoms with Crippen molar-refractivity contribution >= 4 is 35.8 Å². The van der Waals surface area contributed by atoms with Crippen molar-refractivity contribution in [1.29, 1.82) is 0 Å². The zero-order valence-electron chi connectivity index (χ0n) is 15.8. The van der Waals surface area contributed by atoms with Crippen LogP contribution in [0.3, 0.4) is 0 Å². The van der Waals surface area contributed by atoms with Gasteiger partial charge in [0, 0.05) is 25.0 Å². The second-order valence-electron chi connectivity index (χ2n) is 6.65. The molecule has 1 aliphatic carbocycles. The molecule has 3 N–H and O–H groups in total. The first-order valence-electron chi connectivity index (χ1n) is 9.23. The van der Waals surface area contributed by atoms with E-state index in [0.29, 0.717) is 31.4 Å². The fraction of sp³-hybridized carbons (Fsp3) is 0.400. The van der Waals surface area contributed by atoms with Crippen LogP contribution in [0, 0.1) is 5.82 Å². The minimum absolute atomic E-state index is 0. The molecule has 1 heterocycles. The SMILES string of the molecule is CCNC(=NCC1(c2cccc(F)c2)CC1)NCCNC(=O)c1ccco1.I. The van der Waals surface area contributed by atoms with E-state index in [0.717, 1.165) is 24.9 Å². The Morgan fingerprint density at radius 3 is 2.61 bits per heavy atom. The number of guanidine groups is 1. The monoisotopic (exact) mass is 500 g/mol. The molecule has 0 bridgehead atoms. The third kappa shape index (κ3) is 5.95. The molecular formula is C20H26FIN4O2. The summed E-state index contributed by atoms with van der Waals surface area (Å²) in [4.78, 5) is 16.5. The van der Waals surface area contributed by atoms with Crippen molar-refractivity contribution in [2.24, 2.45) is 4.99 Å². The van der Waals surface area contributed by atoms with Crippen molar-refractivity contribution < 1.29 is 13.6 Å². The van der Waals surface area contributed by atoms with E-state index in [1.807, 2.05) is 13.0 Å². The van der Waals surface area contributed by atoms with E-state index in [9.17, 15) is 9.18 Å². The van der Waals surface area contributed by atoms with Crippen LogP contribution in [-0.4, -0.2) is 38.0 Å². The van der Waals surface area contributed by atoms with Crippen LogP contribution in [0.15, 0.2) is 52.1 Å². The van der Waals surface area contributed by atoms with Gasteiger partial charge < -0.3 is 20.4 Å². The maximum absolute atomic E-state index is 13.5. The van der Waals surface area contributed by atoms with Crippen LogP contribution in [0.1, 0.15) is 35.9 Å². The van der Waals surface area contributed by atoms with Crippen molar-refractivity contribution in [1.82, 2.24) is 16.0 Å². The third-order valence-corrected chi connectivity index (χ3v) is 4.62. The largest absolute Gasteiger partial charge is 0.459 e. The highest BCUT2D eigenvalue weighted by Crippen LogP contribution is 2.48. The minimum atomic E-state index is -0.244. The van der Waals surface area contributed by atoms with Gasteiger partial charge >= 0.3 is 0 Å². The molecule has 28 heavy (non-hydrogen) atoms. The van der Waals surface area contributed by atoms with Crippen molar-refractivity contribution in [3.05, 3.63) is 59.8 Å². The highest BCUT2D eigenvalue weighted by Gasteiger charge is 2.44. The molecule has 0 radical (unpaired) electrons. The molecule has 1 fully saturated rings. The van der Waals surface area contributed by atoms with Crippen molar-refractivity contribution in [2.75, 3.05) is 26.2 Å². The van der Waals surface area contributed by atoms with E-state index in [-0.39, 0.29) is 41.1 Å². The molecule has 0 spiro atoms. The van der Waals surface area contributed by atoms with Crippen LogP contribution in [0.25, 0.3) is 0 Å². The number of amides is 1. The number of hydrogen-bond donors (Lipinski definition) is 3. The summed E-state index contributed by atoms with van der Waals surface area (Å²) in [7, 11) is 0. The summed E-state index contributed by atoms with van der Waals surface area (Å²) in [5.41, 5.74) is 0.950. The molecule has 1 saturated carbocycles. The minimum Gasteiger partial charge on any atom is -0.459 e. The van der Waals surface area contributed by atoms with Gasteiger partial charge in [-0.1, -0.05) is 12.1 Å². The van der Waals surface area contributed by atoms with Crippen LogP contribution in [0.2, 0.25) is 0 Å². The number of hydrogen-bond acceptors (Lipinski definition) is 3. The van der Waals surface area contributed by atoms with Gasteiger partial charge in [-0.05, 0) is 49.6 Å². The summed E-state index contributed by atoms with van der Waals surface area (Å²) in [6.45, 7) is 4.31. The van der Waals surface area contributed by atoms with Crippen molar-refractivity contribution in [2.45, 2.75) is 25.2 Å². The van der Waals surface area contributed by atoms with Gasteiger partial charge in [-0.25, -0.2) is 4.39 Å². The standard InChI is InChI=1S/C20H25FN4O2.HI/c1-2-22-19(24-11-10-23-18(26)17-7-4-12-27-17)25-14-20(8-9-20)15-5-3-6-16(21)13-15;/h3-7,12-13H,2,8-11,14H2,1H3,(H,23,26)(H2,22,24,25);1H. The Kier molecular flexibility index (Phi) is 8.28. The quantitative estimate of drug-likeness (QED) is 0.226. The highest BCUT2D eigenvalue weighted by molar-refractivity contribution is 14.0. The van der Waals surface area contributed by atoms with Crippen molar-refractivity contribution in [3.63, 3.8) is 0 Å².